The highest BCUT2D eigenvalue weighted by Gasteiger charge is 2.11. The van der Waals surface area contributed by atoms with Gasteiger partial charge >= 0.3 is 0 Å². The van der Waals surface area contributed by atoms with Crippen LogP contribution in [0.25, 0.3) is 5.69 Å². The normalized spacial score (nSPS) is 10.4. The summed E-state index contributed by atoms with van der Waals surface area (Å²) in [6, 6.07) is 22.9. The monoisotopic (exact) mass is 381 g/mol. The minimum atomic E-state index is 0.583. The summed E-state index contributed by atoms with van der Waals surface area (Å²) in [5, 5.41) is 16.8. The van der Waals surface area contributed by atoms with Gasteiger partial charge in [-0.1, -0.05) is 18.2 Å². The Hall–Kier alpha value is -4.11. The van der Waals surface area contributed by atoms with E-state index in [1.54, 1.807) is 29.1 Å². The summed E-state index contributed by atoms with van der Waals surface area (Å²) >= 11 is 0. The van der Waals surface area contributed by atoms with Crippen molar-refractivity contribution in [2.24, 2.45) is 0 Å². The van der Waals surface area contributed by atoms with Crippen LogP contribution in [0.1, 0.15) is 16.8 Å². The third-order valence-electron chi connectivity index (χ3n) is 4.26. The van der Waals surface area contributed by atoms with E-state index in [-0.39, 0.29) is 0 Å². The molecule has 0 bridgehead atoms. The summed E-state index contributed by atoms with van der Waals surface area (Å²) < 4.78 is 7.90. The van der Waals surface area contributed by atoms with Gasteiger partial charge in [-0.3, -0.25) is 0 Å². The van der Waals surface area contributed by atoms with Gasteiger partial charge in [-0.25, -0.2) is 9.67 Å². The SMILES string of the molecule is Cc1cccc(-n2nc(C)cc2Oc2ccnc(Nc3cccc(C#N)c3)c2)c1. The van der Waals surface area contributed by atoms with E-state index < -0.39 is 0 Å². The predicted molar refractivity (Wildman–Crippen MR) is 112 cm³/mol. The standard InChI is InChI=1S/C23H19N5O/c1-16-5-3-8-20(11-16)28-23(12-17(2)27-28)29-21-9-10-25-22(14-21)26-19-7-4-6-18(13-19)15-24/h3-14H,1-2H3,(H,25,26). The van der Waals surface area contributed by atoms with Gasteiger partial charge in [0.25, 0.3) is 0 Å². The van der Waals surface area contributed by atoms with Crippen molar-refractivity contribution in [1.29, 1.82) is 5.26 Å². The molecular weight excluding hydrogens is 362 g/mol. The van der Waals surface area contributed by atoms with Gasteiger partial charge in [-0.15, -0.1) is 0 Å². The maximum Gasteiger partial charge on any atom is 0.222 e. The Bertz CT molecular complexity index is 1210. The van der Waals surface area contributed by atoms with Crippen molar-refractivity contribution in [2.45, 2.75) is 13.8 Å². The summed E-state index contributed by atoms with van der Waals surface area (Å²) in [5.74, 6) is 1.88. The minimum Gasteiger partial charge on any atom is -0.439 e. The average Bonchev–Trinajstić information content (AvgIpc) is 3.08. The zero-order valence-electron chi connectivity index (χ0n) is 16.1. The fourth-order valence-electron chi connectivity index (χ4n) is 2.97. The van der Waals surface area contributed by atoms with Crippen molar-refractivity contribution < 1.29 is 4.74 Å². The molecule has 2 heterocycles. The van der Waals surface area contributed by atoms with Crippen LogP contribution in [0.3, 0.4) is 0 Å². The molecule has 0 spiro atoms. The third kappa shape index (κ3) is 4.25. The van der Waals surface area contributed by atoms with Crippen molar-refractivity contribution in [3.8, 4) is 23.4 Å². The van der Waals surface area contributed by atoms with E-state index in [0.29, 0.717) is 23.0 Å². The molecule has 0 radical (unpaired) electrons. The van der Waals surface area contributed by atoms with Gasteiger partial charge in [-0.05, 0) is 55.8 Å². The number of nitrogens with one attached hydrogen (secondary N) is 1. The van der Waals surface area contributed by atoms with Crippen LogP contribution in [-0.2, 0) is 0 Å². The van der Waals surface area contributed by atoms with Crippen LogP contribution in [0.2, 0.25) is 0 Å². The molecule has 0 amide bonds. The third-order valence-corrected chi connectivity index (χ3v) is 4.26. The van der Waals surface area contributed by atoms with Crippen LogP contribution >= 0.6 is 0 Å². The summed E-state index contributed by atoms with van der Waals surface area (Å²) in [7, 11) is 0. The highest BCUT2D eigenvalue weighted by molar-refractivity contribution is 5.59. The lowest BCUT2D eigenvalue weighted by Gasteiger charge is -2.11. The molecule has 0 atom stereocenters. The van der Waals surface area contributed by atoms with E-state index in [0.717, 1.165) is 22.6 Å². The predicted octanol–water partition coefficient (Wildman–Crippen LogP) is 5.29. The summed E-state index contributed by atoms with van der Waals surface area (Å²) in [5.41, 5.74) is 4.32. The zero-order chi connectivity index (χ0) is 20.2. The molecule has 6 nitrogen and oxygen atoms in total. The van der Waals surface area contributed by atoms with E-state index >= 15 is 0 Å². The molecule has 0 aliphatic heterocycles. The molecule has 0 fully saturated rings. The van der Waals surface area contributed by atoms with Crippen molar-refractivity contribution in [2.75, 3.05) is 5.32 Å². The number of nitriles is 1. The lowest BCUT2D eigenvalue weighted by atomic mass is 10.2. The number of ether oxygens (including phenoxy) is 1. The van der Waals surface area contributed by atoms with Crippen LogP contribution in [0.15, 0.2) is 72.9 Å². The fraction of sp³-hybridized carbons (Fsp3) is 0.0870. The molecule has 4 rings (SSSR count). The first-order valence-corrected chi connectivity index (χ1v) is 9.15. The number of aryl methyl sites for hydroxylation is 2. The maximum absolute atomic E-state index is 9.05. The van der Waals surface area contributed by atoms with Gasteiger partial charge in [-0.2, -0.15) is 10.4 Å². The molecule has 29 heavy (non-hydrogen) atoms. The molecule has 4 aromatic rings. The van der Waals surface area contributed by atoms with E-state index in [1.165, 1.54) is 0 Å². The quantitative estimate of drug-likeness (QED) is 0.508. The van der Waals surface area contributed by atoms with Gasteiger partial charge < -0.3 is 10.1 Å². The van der Waals surface area contributed by atoms with Gasteiger partial charge in [0.05, 0.1) is 23.0 Å². The molecule has 0 saturated heterocycles. The second-order valence-corrected chi connectivity index (χ2v) is 6.67. The van der Waals surface area contributed by atoms with Crippen molar-refractivity contribution in [3.63, 3.8) is 0 Å². The summed E-state index contributed by atoms with van der Waals surface area (Å²) in [6.45, 7) is 3.98. The molecule has 0 aliphatic rings. The zero-order valence-corrected chi connectivity index (χ0v) is 16.1. The van der Waals surface area contributed by atoms with Crippen LogP contribution in [-0.4, -0.2) is 14.8 Å². The first kappa shape index (κ1) is 18.3. The molecule has 6 heteroatoms. The van der Waals surface area contributed by atoms with Crippen LogP contribution in [0.4, 0.5) is 11.5 Å². The largest absolute Gasteiger partial charge is 0.439 e. The topological polar surface area (TPSA) is 75.8 Å². The Kier molecular flexibility index (Phi) is 4.95. The Balaban J connectivity index is 1.60. The molecule has 0 saturated carbocycles. The number of anilines is 2. The Morgan fingerprint density at radius 2 is 1.86 bits per heavy atom. The molecule has 142 valence electrons. The smallest absolute Gasteiger partial charge is 0.222 e. The minimum absolute atomic E-state index is 0.583. The molecule has 0 aliphatic carbocycles. The maximum atomic E-state index is 9.05. The van der Waals surface area contributed by atoms with Crippen molar-refractivity contribution in [3.05, 3.63) is 89.7 Å². The Labute approximate surface area is 169 Å². The number of benzene rings is 2. The number of hydrogen-bond acceptors (Lipinski definition) is 5. The Morgan fingerprint density at radius 1 is 1.00 bits per heavy atom. The van der Waals surface area contributed by atoms with Gasteiger partial charge in [0, 0.05) is 24.0 Å². The average molecular weight is 381 g/mol. The second kappa shape index (κ2) is 7.87. The van der Waals surface area contributed by atoms with E-state index in [1.807, 2.05) is 56.3 Å². The first-order chi connectivity index (χ1) is 14.1. The molecule has 2 aromatic heterocycles. The first-order valence-electron chi connectivity index (χ1n) is 9.15. The number of rotatable bonds is 5. The molecular formula is C23H19N5O. The van der Waals surface area contributed by atoms with E-state index in [2.05, 4.69) is 27.5 Å². The summed E-state index contributed by atoms with van der Waals surface area (Å²) in [6.07, 6.45) is 1.67. The fourth-order valence-corrected chi connectivity index (χ4v) is 2.97. The number of hydrogen-bond donors (Lipinski definition) is 1. The molecule has 0 unspecified atom stereocenters. The lowest BCUT2D eigenvalue weighted by molar-refractivity contribution is 0.444. The highest BCUT2D eigenvalue weighted by atomic mass is 16.5. The van der Waals surface area contributed by atoms with E-state index in [4.69, 9.17) is 10.00 Å². The van der Waals surface area contributed by atoms with E-state index in [9.17, 15) is 0 Å². The van der Waals surface area contributed by atoms with Gasteiger partial charge in [0.2, 0.25) is 5.88 Å². The van der Waals surface area contributed by atoms with Crippen LogP contribution in [0.5, 0.6) is 11.6 Å². The van der Waals surface area contributed by atoms with Gasteiger partial charge in [0.1, 0.15) is 11.6 Å². The number of nitrogens with zero attached hydrogens (tertiary/aromatic N) is 4. The van der Waals surface area contributed by atoms with Crippen LogP contribution < -0.4 is 10.1 Å². The summed E-state index contributed by atoms with van der Waals surface area (Å²) in [4.78, 5) is 4.33. The second-order valence-electron chi connectivity index (χ2n) is 6.67. The van der Waals surface area contributed by atoms with Crippen molar-refractivity contribution >= 4 is 11.5 Å². The van der Waals surface area contributed by atoms with Crippen LogP contribution in [0, 0.1) is 25.2 Å². The molecule has 2 aromatic carbocycles. The van der Waals surface area contributed by atoms with Crippen molar-refractivity contribution in [1.82, 2.24) is 14.8 Å². The Morgan fingerprint density at radius 3 is 2.69 bits per heavy atom. The van der Waals surface area contributed by atoms with Gasteiger partial charge in [0.15, 0.2) is 0 Å². The highest BCUT2D eigenvalue weighted by Crippen LogP contribution is 2.27. The lowest BCUT2D eigenvalue weighted by Crippen LogP contribution is -2.00. The molecule has 1 N–H and O–H groups in total. The number of aromatic nitrogens is 3. The number of pyridine rings is 1.